The van der Waals surface area contributed by atoms with Crippen LogP contribution in [-0.4, -0.2) is 16.1 Å². The van der Waals surface area contributed by atoms with Crippen LogP contribution in [-0.2, 0) is 11.2 Å². The highest BCUT2D eigenvalue weighted by Gasteiger charge is 2.19. The monoisotopic (exact) mass is 237 g/mol. The molecule has 4 nitrogen and oxygen atoms in total. The fraction of sp³-hybridized carbons (Fsp3) is 0.250. The zero-order valence-corrected chi connectivity index (χ0v) is 8.02. The molecule has 0 radical (unpaired) electrons. The van der Waals surface area contributed by atoms with E-state index in [9.17, 15) is 18.4 Å². The van der Waals surface area contributed by atoms with Crippen molar-refractivity contribution in [3.8, 4) is 0 Å². The summed E-state index contributed by atoms with van der Waals surface area (Å²) in [5, 5.41) is 7.94. The molecule has 0 saturated carbocycles. The Labute approximate surface area is 87.5 Å². The summed E-state index contributed by atoms with van der Waals surface area (Å²) in [7, 11) is 0. The first-order valence-electron chi connectivity index (χ1n) is 3.83. The molecule has 0 atom stereocenters. The van der Waals surface area contributed by atoms with Gasteiger partial charge in [-0.15, -0.1) is 0 Å². The first kappa shape index (κ1) is 11.6. The fourth-order valence-electron chi connectivity index (χ4n) is 1.13. The van der Waals surface area contributed by atoms with Crippen LogP contribution in [0.4, 0.5) is 8.78 Å². The topological polar surface area (TPSA) is 70.2 Å². The van der Waals surface area contributed by atoms with Gasteiger partial charge in [0.25, 0.3) is 6.43 Å². The number of aliphatic carboxylic acids is 1. The molecule has 15 heavy (non-hydrogen) atoms. The average molecular weight is 238 g/mol. The number of nitrogens with one attached hydrogen (secondary N) is 1. The number of hydrogen-bond acceptors (Lipinski definition) is 2. The maximum absolute atomic E-state index is 12.5. The van der Waals surface area contributed by atoms with E-state index in [1.54, 1.807) is 0 Å². The summed E-state index contributed by atoms with van der Waals surface area (Å²) in [4.78, 5) is 23.2. The summed E-state index contributed by atoms with van der Waals surface area (Å²) >= 11 is 5.38. The highest BCUT2D eigenvalue weighted by atomic mass is 35.5. The van der Waals surface area contributed by atoms with Crippen LogP contribution in [0.5, 0.6) is 0 Å². The molecule has 0 spiro atoms. The number of hydrogen-bond donors (Lipinski definition) is 2. The van der Waals surface area contributed by atoms with Crippen molar-refractivity contribution < 1.29 is 18.7 Å². The Bertz CT molecular complexity index is 444. The van der Waals surface area contributed by atoms with E-state index in [0.717, 1.165) is 6.07 Å². The van der Waals surface area contributed by atoms with Gasteiger partial charge in [0.2, 0.25) is 5.56 Å². The molecular formula is C8H6ClF2NO3. The summed E-state index contributed by atoms with van der Waals surface area (Å²) in [5.74, 6) is -1.31. The van der Waals surface area contributed by atoms with Crippen LogP contribution in [0, 0.1) is 0 Å². The fourth-order valence-corrected chi connectivity index (χ4v) is 1.43. The Morgan fingerprint density at radius 1 is 1.60 bits per heavy atom. The summed E-state index contributed by atoms with van der Waals surface area (Å²) in [6, 6.07) is 0.807. The molecule has 82 valence electrons. The smallest absolute Gasteiger partial charge is 0.307 e. The minimum atomic E-state index is -2.93. The molecule has 0 bridgehead atoms. The number of pyridine rings is 1. The van der Waals surface area contributed by atoms with Crippen LogP contribution in [0.25, 0.3) is 0 Å². The zero-order valence-electron chi connectivity index (χ0n) is 7.26. The Morgan fingerprint density at radius 2 is 2.20 bits per heavy atom. The number of H-pyrrole nitrogens is 1. The quantitative estimate of drug-likeness (QED) is 0.785. The van der Waals surface area contributed by atoms with E-state index in [-0.39, 0.29) is 5.56 Å². The van der Waals surface area contributed by atoms with Crippen LogP contribution >= 0.6 is 11.6 Å². The van der Waals surface area contributed by atoms with E-state index in [1.807, 2.05) is 4.98 Å². The number of halogens is 3. The van der Waals surface area contributed by atoms with Gasteiger partial charge in [0, 0.05) is 6.07 Å². The second-order valence-corrected chi connectivity index (χ2v) is 3.14. The van der Waals surface area contributed by atoms with Crippen molar-refractivity contribution in [3.05, 3.63) is 32.7 Å². The summed E-state index contributed by atoms with van der Waals surface area (Å²) < 4.78 is 24.9. The van der Waals surface area contributed by atoms with Crippen molar-refractivity contribution in [2.45, 2.75) is 12.8 Å². The number of carboxylic acids is 1. The lowest BCUT2D eigenvalue weighted by Gasteiger charge is -2.07. The molecule has 1 aromatic heterocycles. The zero-order chi connectivity index (χ0) is 11.6. The third-order valence-corrected chi connectivity index (χ3v) is 1.98. The third-order valence-electron chi connectivity index (χ3n) is 1.68. The number of carboxylic acid groups (broad SMARTS) is 1. The predicted molar refractivity (Wildman–Crippen MR) is 48.4 cm³/mol. The Hall–Kier alpha value is -1.43. The van der Waals surface area contributed by atoms with E-state index < -0.39 is 35.1 Å². The highest BCUT2D eigenvalue weighted by molar-refractivity contribution is 6.30. The summed E-state index contributed by atoms with van der Waals surface area (Å²) in [5.41, 5.74) is -1.62. The van der Waals surface area contributed by atoms with Gasteiger partial charge in [0.15, 0.2) is 0 Å². The molecule has 0 unspecified atom stereocenters. The first-order chi connectivity index (χ1) is 6.91. The molecule has 0 aromatic carbocycles. The van der Waals surface area contributed by atoms with Gasteiger partial charge in [0.05, 0.1) is 12.0 Å². The van der Waals surface area contributed by atoms with E-state index in [4.69, 9.17) is 16.7 Å². The third kappa shape index (κ3) is 2.76. The number of aromatic nitrogens is 1. The summed E-state index contributed by atoms with van der Waals surface area (Å²) in [6.45, 7) is 0. The molecule has 1 aromatic rings. The van der Waals surface area contributed by atoms with Gasteiger partial charge in [-0.1, -0.05) is 11.6 Å². The number of aromatic amines is 1. The highest BCUT2D eigenvalue weighted by Crippen LogP contribution is 2.27. The van der Waals surface area contributed by atoms with Gasteiger partial charge in [-0.05, 0) is 5.56 Å². The van der Waals surface area contributed by atoms with Gasteiger partial charge >= 0.3 is 5.97 Å². The minimum Gasteiger partial charge on any atom is -0.481 e. The van der Waals surface area contributed by atoms with Crippen LogP contribution in [0.1, 0.15) is 17.6 Å². The molecule has 2 N–H and O–H groups in total. The van der Waals surface area contributed by atoms with Crippen LogP contribution in [0.3, 0.4) is 0 Å². The molecule has 1 rings (SSSR count). The van der Waals surface area contributed by atoms with Crippen molar-refractivity contribution in [3.63, 3.8) is 0 Å². The first-order valence-corrected chi connectivity index (χ1v) is 4.21. The predicted octanol–water partition coefficient (Wildman–Crippen LogP) is 1.59. The molecule has 1 heterocycles. The van der Waals surface area contributed by atoms with Crippen LogP contribution in [0.15, 0.2) is 10.9 Å². The van der Waals surface area contributed by atoms with E-state index in [0.29, 0.717) is 0 Å². The van der Waals surface area contributed by atoms with Gasteiger partial charge in [0.1, 0.15) is 5.15 Å². The van der Waals surface area contributed by atoms with Gasteiger partial charge in [-0.3, -0.25) is 9.59 Å². The van der Waals surface area contributed by atoms with Crippen molar-refractivity contribution in [1.82, 2.24) is 4.98 Å². The van der Waals surface area contributed by atoms with Gasteiger partial charge < -0.3 is 10.1 Å². The minimum absolute atomic E-state index is 0.272. The number of alkyl halides is 2. The lowest BCUT2D eigenvalue weighted by Crippen LogP contribution is -2.13. The Kier molecular flexibility index (Phi) is 3.41. The lowest BCUT2D eigenvalue weighted by molar-refractivity contribution is -0.136. The second kappa shape index (κ2) is 4.39. The SMILES string of the molecule is O=C(O)Cc1cc(=O)[nH]c(Cl)c1C(F)F. The van der Waals surface area contributed by atoms with Crippen LogP contribution in [0.2, 0.25) is 5.15 Å². The lowest BCUT2D eigenvalue weighted by atomic mass is 10.1. The maximum Gasteiger partial charge on any atom is 0.307 e. The normalized spacial score (nSPS) is 10.7. The van der Waals surface area contributed by atoms with Crippen molar-refractivity contribution in [2.24, 2.45) is 0 Å². The van der Waals surface area contributed by atoms with E-state index in [2.05, 4.69) is 0 Å². The second-order valence-electron chi connectivity index (χ2n) is 2.76. The average Bonchev–Trinajstić information content (AvgIpc) is 1.99. The molecule has 0 saturated heterocycles. The standard InChI is InChI=1S/C8H6ClF2NO3/c9-7-6(8(10)11)3(2-5(14)15)1-4(13)12-7/h1,8H,2H2,(H,12,13)(H,14,15). The Balaban J connectivity index is 3.33. The van der Waals surface area contributed by atoms with Gasteiger partial charge in [-0.2, -0.15) is 0 Å². The van der Waals surface area contributed by atoms with Crippen molar-refractivity contribution >= 4 is 17.6 Å². The van der Waals surface area contributed by atoms with E-state index in [1.165, 1.54) is 0 Å². The number of rotatable bonds is 3. The molecule has 0 fully saturated rings. The molecule has 7 heteroatoms. The van der Waals surface area contributed by atoms with Crippen molar-refractivity contribution in [2.75, 3.05) is 0 Å². The molecule has 0 aliphatic carbocycles. The molecule has 0 aliphatic rings. The van der Waals surface area contributed by atoms with Gasteiger partial charge in [-0.25, -0.2) is 8.78 Å². The maximum atomic E-state index is 12.5. The van der Waals surface area contributed by atoms with Crippen molar-refractivity contribution in [1.29, 1.82) is 0 Å². The summed E-state index contributed by atoms with van der Waals surface area (Å²) in [6.07, 6.45) is -3.59. The van der Waals surface area contributed by atoms with E-state index >= 15 is 0 Å². The molecule has 0 amide bonds. The largest absolute Gasteiger partial charge is 0.481 e. The molecule has 0 aliphatic heterocycles. The Morgan fingerprint density at radius 3 is 2.67 bits per heavy atom. The molecular weight excluding hydrogens is 232 g/mol. The van der Waals surface area contributed by atoms with Crippen LogP contribution < -0.4 is 5.56 Å². The number of carbonyl (C=O) groups is 1.